The van der Waals surface area contributed by atoms with Gasteiger partial charge in [-0.3, -0.25) is 9.69 Å². The summed E-state index contributed by atoms with van der Waals surface area (Å²) < 4.78 is 6.26. The Balaban J connectivity index is 1.27. The van der Waals surface area contributed by atoms with Crippen LogP contribution in [0.1, 0.15) is 62.5 Å². The summed E-state index contributed by atoms with van der Waals surface area (Å²) in [5.41, 5.74) is 8.30. The first kappa shape index (κ1) is 30.0. The zero-order valence-electron chi connectivity index (χ0n) is 24.0. The van der Waals surface area contributed by atoms with Crippen LogP contribution in [0.25, 0.3) is 0 Å². The molecule has 2 aromatic rings. The van der Waals surface area contributed by atoms with Gasteiger partial charge in [-0.15, -0.1) is 0 Å². The molecule has 2 aromatic carbocycles. The Bertz CT molecular complexity index is 1100. The molecule has 8 nitrogen and oxygen atoms in total. The fourth-order valence-electron chi connectivity index (χ4n) is 6.39. The number of carbonyl (C=O) groups is 2. The fourth-order valence-corrected chi connectivity index (χ4v) is 6.39. The third-order valence-electron chi connectivity index (χ3n) is 8.79. The van der Waals surface area contributed by atoms with Crippen LogP contribution in [-0.4, -0.2) is 67.3 Å². The van der Waals surface area contributed by atoms with Crippen LogP contribution in [0, 0.1) is 5.92 Å². The summed E-state index contributed by atoms with van der Waals surface area (Å²) in [5.74, 6) is 0.151. The highest BCUT2D eigenvalue weighted by atomic mass is 16.5. The van der Waals surface area contributed by atoms with Crippen LogP contribution < -0.4 is 21.1 Å². The lowest BCUT2D eigenvalue weighted by Gasteiger charge is -2.45. The van der Waals surface area contributed by atoms with E-state index in [-0.39, 0.29) is 17.6 Å². The van der Waals surface area contributed by atoms with Gasteiger partial charge in [0.1, 0.15) is 17.9 Å². The quantitative estimate of drug-likeness (QED) is 0.281. The van der Waals surface area contributed by atoms with E-state index in [2.05, 4.69) is 72.1 Å². The van der Waals surface area contributed by atoms with Gasteiger partial charge in [-0.2, -0.15) is 0 Å². The summed E-state index contributed by atoms with van der Waals surface area (Å²) >= 11 is 0. The van der Waals surface area contributed by atoms with Crippen molar-refractivity contribution < 1.29 is 19.4 Å². The summed E-state index contributed by atoms with van der Waals surface area (Å²) in [6, 6.07) is 17.9. The van der Waals surface area contributed by atoms with Crippen LogP contribution in [0.5, 0.6) is 5.75 Å². The molecule has 1 amide bonds. The number of unbranched alkanes of at least 4 members (excludes halogenated alkanes) is 1. The van der Waals surface area contributed by atoms with Crippen LogP contribution in [-0.2, 0) is 21.5 Å². The van der Waals surface area contributed by atoms with Gasteiger partial charge in [0.05, 0.1) is 6.04 Å². The third-order valence-corrected chi connectivity index (χ3v) is 8.79. The Kier molecular flexibility index (Phi) is 10.6. The molecular formula is C32H46N4O4. The van der Waals surface area contributed by atoms with E-state index in [1.54, 1.807) is 0 Å². The maximum atomic E-state index is 12.7. The number of amides is 1. The normalized spacial score (nSPS) is 25.4. The number of carboxylic acid groups (broad SMARTS) is 1. The van der Waals surface area contributed by atoms with Gasteiger partial charge in [0.15, 0.2) is 0 Å². The minimum absolute atomic E-state index is 0.107. The predicted molar refractivity (Wildman–Crippen MR) is 157 cm³/mol. The molecule has 5 N–H and O–H groups in total. The molecule has 2 aliphatic rings. The Morgan fingerprint density at radius 2 is 1.88 bits per heavy atom. The lowest BCUT2D eigenvalue weighted by atomic mass is 9.70. The molecule has 0 radical (unpaired) electrons. The molecule has 4 rings (SSSR count). The van der Waals surface area contributed by atoms with Gasteiger partial charge in [0, 0.05) is 18.5 Å². The van der Waals surface area contributed by atoms with E-state index in [0.717, 1.165) is 31.4 Å². The van der Waals surface area contributed by atoms with Gasteiger partial charge in [-0.25, -0.2) is 4.79 Å². The molecule has 1 aliphatic carbocycles. The summed E-state index contributed by atoms with van der Waals surface area (Å²) in [4.78, 5) is 26.7. The molecule has 0 spiro atoms. The minimum atomic E-state index is -1.02. The second kappa shape index (κ2) is 14.1. The van der Waals surface area contributed by atoms with E-state index < -0.39 is 18.1 Å². The first-order valence-electron chi connectivity index (χ1n) is 14.8. The molecule has 0 bridgehead atoms. The van der Waals surface area contributed by atoms with E-state index in [1.165, 1.54) is 24.0 Å². The SMILES string of the molecule is CN(C)C1(c2ccccc2)CCC(Cc2cccc(O[C@@H]3CN[C@H](C(=O)N[C@@H](CCCCN)C(=O)O)C3)c2)CC1. The Morgan fingerprint density at radius 3 is 2.55 bits per heavy atom. The molecule has 3 atom stereocenters. The molecule has 1 aliphatic heterocycles. The fraction of sp³-hybridized carbons (Fsp3) is 0.562. The number of nitrogens with zero attached hydrogens (tertiary/aromatic N) is 1. The first-order valence-corrected chi connectivity index (χ1v) is 14.8. The summed E-state index contributed by atoms with van der Waals surface area (Å²) in [7, 11) is 4.41. The van der Waals surface area contributed by atoms with Gasteiger partial charge >= 0.3 is 5.97 Å². The van der Waals surface area contributed by atoms with Crippen LogP contribution in [0.2, 0.25) is 0 Å². The van der Waals surface area contributed by atoms with Crippen molar-refractivity contribution >= 4 is 11.9 Å². The highest BCUT2D eigenvalue weighted by Gasteiger charge is 2.38. The molecule has 218 valence electrons. The average Bonchev–Trinajstić information content (AvgIpc) is 3.42. The second-order valence-electron chi connectivity index (χ2n) is 11.7. The number of benzene rings is 2. The number of nitrogens with two attached hydrogens (primary N) is 1. The van der Waals surface area contributed by atoms with Gasteiger partial charge in [-0.1, -0.05) is 42.5 Å². The van der Waals surface area contributed by atoms with Crippen LogP contribution in [0.15, 0.2) is 54.6 Å². The molecule has 1 saturated heterocycles. The van der Waals surface area contributed by atoms with Gasteiger partial charge in [0.25, 0.3) is 0 Å². The molecule has 0 unspecified atom stereocenters. The number of hydrogen-bond donors (Lipinski definition) is 4. The summed E-state index contributed by atoms with van der Waals surface area (Å²) in [6.45, 7) is 1.05. The number of nitrogens with one attached hydrogen (secondary N) is 2. The Hall–Kier alpha value is -2.94. The molecule has 2 fully saturated rings. The molecular weight excluding hydrogens is 504 g/mol. The van der Waals surface area contributed by atoms with Crippen LogP contribution in [0.3, 0.4) is 0 Å². The molecule has 8 heteroatoms. The number of ether oxygens (including phenoxy) is 1. The zero-order valence-corrected chi connectivity index (χ0v) is 24.0. The summed E-state index contributed by atoms with van der Waals surface area (Å²) in [5, 5.41) is 15.3. The maximum absolute atomic E-state index is 12.7. The van der Waals surface area contributed by atoms with Crippen molar-refractivity contribution in [3.8, 4) is 5.75 Å². The molecule has 0 aromatic heterocycles. The highest BCUT2D eigenvalue weighted by Crippen LogP contribution is 2.43. The van der Waals surface area contributed by atoms with Gasteiger partial charge in [-0.05, 0) is 101 Å². The van der Waals surface area contributed by atoms with Crippen LogP contribution >= 0.6 is 0 Å². The van der Waals surface area contributed by atoms with Gasteiger partial charge in [0.2, 0.25) is 5.91 Å². The molecule has 40 heavy (non-hydrogen) atoms. The number of carboxylic acids is 1. The topological polar surface area (TPSA) is 117 Å². The number of rotatable bonds is 13. The lowest BCUT2D eigenvalue weighted by molar-refractivity contribution is -0.142. The van der Waals surface area contributed by atoms with Gasteiger partial charge < -0.3 is 26.2 Å². The Morgan fingerprint density at radius 1 is 1.12 bits per heavy atom. The number of hydrogen-bond acceptors (Lipinski definition) is 6. The van der Waals surface area contributed by atoms with E-state index in [9.17, 15) is 14.7 Å². The van der Waals surface area contributed by atoms with Crippen molar-refractivity contribution in [2.24, 2.45) is 11.7 Å². The maximum Gasteiger partial charge on any atom is 0.326 e. The zero-order chi connectivity index (χ0) is 28.5. The van der Waals surface area contributed by atoms with E-state index in [4.69, 9.17) is 10.5 Å². The third kappa shape index (κ3) is 7.62. The van der Waals surface area contributed by atoms with Crippen molar-refractivity contribution in [2.45, 2.75) is 81.5 Å². The number of aliphatic carboxylic acids is 1. The van der Waals surface area contributed by atoms with Crippen molar-refractivity contribution in [2.75, 3.05) is 27.2 Å². The second-order valence-corrected chi connectivity index (χ2v) is 11.7. The minimum Gasteiger partial charge on any atom is -0.489 e. The predicted octanol–water partition coefficient (Wildman–Crippen LogP) is 3.68. The average molecular weight is 551 g/mol. The monoisotopic (exact) mass is 550 g/mol. The van der Waals surface area contributed by atoms with Crippen molar-refractivity contribution in [3.05, 3.63) is 65.7 Å². The standard InChI is InChI=1S/C32H46N4O4/c1-36(2)32(25-10-4-3-5-11-25)16-14-23(15-17-32)19-24-9-8-12-26(20-24)40-27-21-29(34-22-27)30(37)35-28(31(38)39)13-6-7-18-33/h3-5,8-12,20,23,27-29,34H,6-7,13-19,21-22,33H2,1-2H3,(H,35,37)(H,38,39)/t23?,27-,28-,29-,32?/m0/s1. The van der Waals surface area contributed by atoms with E-state index in [1.807, 2.05) is 12.1 Å². The smallest absolute Gasteiger partial charge is 0.326 e. The molecule has 1 heterocycles. The van der Waals surface area contributed by atoms with Crippen LogP contribution in [0.4, 0.5) is 0 Å². The molecule has 1 saturated carbocycles. The van der Waals surface area contributed by atoms with Crippen molar-refractivity contribution in [1.29, 1.82) is 0 Å². The lowest BCUT2D eigenvalue weighted by Crippen LogP contribution is -2.48. The largest absolute Gasteiger partial charge is 0.489 e. The Labute approximate surface area is 238 Å². The van der Waals surface area contributed by atoms with E-state index in [0.29, 0.717) is 38.3 Å². The van der Waals surface area contributed by atoms with E-state index >= 15 is 0 Å². The summed E-state index contributed by atoms with van der Waals surface area (Å²) in [6.07, 6.45) is 7.84. The van der Waals surface area contributed by atoms with Crippen molar-refractivity contribution in [3.63, 3.8) is 0 Å². The first-order chi connectivity index (χ1) is 19.3. The van der Waals surface area contributed by atoms with Crippen molar-refractivity contribution in [1.82, 2.24) is 15.5 Å². The highest BCUT2D eigenvalue weighted by molar-refractivity contribution is 5.87. The number of carbonyl (C=O) groups excluding carboxylic acids is 1.